The zero-order valence-corrected chi connectivity index (χ0v) is 16.3. The zero-order chi connectivity index (χ0) is 19.8. The number of pyridine rings is 1. The van der Waals surface area contributed by atoms with Gasteiger partial charge < -0.3 is 4.74 Å². The molecule has 140 valence electrons. The Morgan fingerprint density at radius 2 is 2.00 bits per heavy atom. The van der Waals surface area contributed by atoms with Crippen molar-refractivity contribution in [2.45, 2.75) is 20.8 Å². The molecule has 4 aromatic rings. The van der Waals surface area contributed by atoms with Gasteiger partial charge >= 0.3 is 5.97 Å². The second-order valence-corrected chi connectivity index (χ2v) is 7.37. The summed E-state index contributed by atoms with van der Waals surface area (Å²) in [7, 11) is 0. The van der Waals surface area contributed by atoms with Gasteiger partial charge in [-0.3, -0.25) is 14.6 Å². The van der Waals surface area contributed by atoms with Crippen LogP contribution in [-0.4, -0.2) is 25.6 Å². The standard InChI is InChI=1S/C20H16N4O3S/c1-11-7-14(8-12(2)17(11)27-13(3)25)9-16-19(26)24-20(28-16)22-18(23-24)15-5-4-6-21-10-15/h4-10H,1-3H3. The lowest BCUT2D eigenvalue weighted by Gasteiger charge is -2.10. The molecule has 0 saturated carbocycles. The Hall–Kier alpha value is -3.39. The van der Waals surface area contributed by atoms with Gasteiger partial charge in [-0.2, -0.15) is 9.50 Å². The summed E-state index contributed by atoms with van der Waals surface area (Å²) in [5.74, 6) is 0.663. The van der Waals surface area contributed by atoms with Crippen LogP contribution in [0.2, 0.25) is 0 Å². The molecule has 0 aliphatic heterocycles. The van der Waals surface area contributed by atoms with Crippen LogP contribution in [0, 0.1) is 13.8 Å². The van der Waals surface area contributed by atoms with Gasteiger partial charge in [0.2, 0.25) is 4.96 Å². The number of esters is 1. The minimum absolute atomic E-state index is 0.220. The number of carbonyl (C=O) groups excluding carboxylic acids is 1. The van der Waals surface area contributed by atoms with E-state index in [1.807, 2.05) is 32.0 Å². The van der Waals surface area contributed by atoms with Crippen molar-refractivity contribution in [3.8, 4) is 17.1 Å². The molecule has 1 aromatic carbocycles. The Bertz CT molecular complexity index is 1290. The summed E-state index contributed by atoms with van der Waals surface area (Å²) in [4.78, 5) is 33.0. The molecule has 0 unspecified atom stereocenters. The third kappa shape index (κ3) is 3.29. The number of rotatable bonds is 3. The van der Waals surface area contributed by atoms with Gasteiger partial charge in [-0.1, -0.05) is 11.3 Å². The fourth-order valence-electron chi connectivity index (χ4n) is 2.97. The lowest BCUT2D eigenvalue weighted by Crippen LogP contribution is -2.23. The number of benzene rings is 1. The van der Waals surface area contributed by atoms with Gasteiger partial charge in [0.25, 0.3) is 5.56 Å². The van der Waals surface area contributed by atoms with Crippen molar-refractivity contribution in [3.05, 3.63) is 68.2 Å². The van der Waals surface area contributed by atoms with E-state index in [4.69, 9.17) is 4.74 Å². The van der Waals surface area contributed by atoms with Gasteiger partial charge in [0.05, 0.1) is 4.53 Å². The largest absolute Gasteiger partial charge is 0.426 e. The topological polar surface area (TPSA) is 86.4 Å². The number of hydrogen-bond acceptors (Lipinski definition) is 7. The second-order valence-electron chi connectivity index (χ2n) is 6.36. The molecular weight excluding hydrogens is 376 g/mol. The third-order valence-electron chi connectivity index (χ3n) is 4.13. The SMILES string of the molecule is CC(=O)Oc1c(C)cc(C=c2sc3nc(-c4cccnc4)nn3c2=O)cc1C. The molecule has 0 atom stereocenters. The van der Waals surface area contributed by atoms with Gasteiger partial charge in [-0.15, -0.1) is 5.10 Å². The average Bonchev–Trinajstić information content (AvgIpc) is 3.19. The highest BCUT2D eigenvalue weighted by molar-refractivity contribution is 7.15. The van der Waals surface area contributed by atoms with Gasteiger partial charge in [0.15, 0.2) is 5.82 Å². The predicted octanol–water partition coefficient (Wildman–Crippen LogP) is 2.30. The first-order valence-electron chi connectivity index (χ1n) is 8.54. The number of thiazole rings is 1. The van der Waals surface area contributed by atoms with Crippen LogP contribution >= 0.6 is 11.3 Å². The first-order chi connectivity index (χ1) is 13.4. The number of hydrogen-bond donors (Lipinski definition) is 0. The van der Waals surface area contributed by atoms with E-state index >= 15 is 0 Å². The summed E-state index contributed by atoms with van der Waals surface area (Å²) in [6.45, 7) is 5.10. The normalized spacial score (nSPS) is 11.9. The zero-order valence-electron chi connectivity index (χ0n) is 15.5. The summed E-state index contributed by atoms with van der Waals surface area (Å²) in [6, 6.07) is 7.40. The molecule has 0 spiro atoms. The molecule has 28 heavy (non-hydrogen) atoms. The summed E-state index contributed by atoms with van der Waals surface area (Å²) in [5, 5.41) is 4.31. The van der Waals surface area contributed by atoms with Crippen molar-refractivity contribution in [3.63, 3.8) is 0 Å². The van der Waals surface area contributed by atoms with Crippen LogP contribution < -0.4 is 14.8 Å². The lowest BCUT2D eigenvalue weighted by molar-refractivity contribution is -0.131. The highest BCUT2D eigenvalue weighted by atomic mass is 32.1. The van der Waals surface area contributed by atoms with Crippen LogP contribution in [0.5, 0.6) is 5.75 Å². The number of nitrogens with zero attached hydrogens (tertiary/aromatic N) is 4. The molecule has 8 heteroatoms. The van der Waals surface area contributed by atoms with E-state index in [2.05, 4.69) is 15.1 Å². The monoisotopic (exact) mass is 392 g/mol. The minimum atomic E-state index is -0.361. The Balaban J connectivity index is 1.76. The summed E-state index contributed by atoms with van der Waals surface area (Å²) in [6.07, 6.45) is 5.13. The van der Waals surface area contributed by atoms with Crippen LogP contribution in [0.4, 0.5) is 0 Å². The van der Waals surface area contributed by atoms with Gasteiger partial charge in [0, 0.05) is 24.9 Å². The van der Waals surface area contributed by atoms with E-state index in [1.54, 1.807) is 24.5 Å². The molecule has 0 aliphatic rings. The summed E-state index contributed by atoms with van der Waals surface area (Å²) < 4.78 is 7.10. The number of carbonyl (C=O) groups is 1. The Kier molecular flexibility index (Phi) is 4.48. The Morgan fingerprint density at radius 3 is 2.61 bits per heavy atom. The first kappa shape index (κ1) is 18.0. The number of aryl methyl sites for hydroxylation is 2. The number of ether oxygens (including phenoxy) is 1. The molecule has 4 rings (SSSR count). The van der Waals surface area contributed by atoms with Crippen molar-refractivity contribution in [1.29, 1.82) is 0 Å². The van der Waals surface area contributed by atoms with E-state index in [0.717, 1.165) is 22.3 Å². The van der Waals surface area contributed by atoms with Gasteiger partial charge in [-0.25, -0.2) is 0 Å². The highest BCUT2D eigenvalue weighted by Crippen LogP contribution is 2.25. The third-order valence-corrected chi connectivity index (χ3v) is 5.09. The van der Waals surface area contributed by atoms with Crippen molar-refractivity contribution in [2.75, 3.05) is 0 Å². The van der Waals surface area contributed by atoms with E-state index in [0.29, 0.717) is 21.1 Å². The predicted molar refractivity (Wildman–Crippen MR) is 106 cm³/mol. The number of fused-ring (bicyclic) bond motifs is 1. The second kappa shape index (κ2) is 6.97. The molecule has 0 amide bonds. The fourth-order valence-corrected chi connectivity index (χ4v) is 3.88. The fraction of sp³-hybridized carbons (Fsp3) is 0.150. The van der Waals surface area contributed by atoms with Crippen LogP contribution in [0.15, 0.2) is 41.5 Å². The van der Waals surface area contributed by atoms with Crippen molar-refractivity contribution in [1.82, 2.24) is 19.6 Å². The van der Waals surface area contributed by atoms with E-state index in [-0.39, 0.29) is 11.5 Å². The van der Waals surface area contributed by atoms with Gasteiger partial charge in [-0.05, 0) is 60.9 Å². The van der Waals surface area contributed by atoms with Crippen molar-refractivity contribution < 1.29 is 9.53 Å². The van der Waals surface area contributed by atoms with Gasteiger partial charge in [0.1, 0.15) is 5.75 Å². The smallest absolute Gasteiger partial charge is 0.308 e. The van der Waals surface area contributed by atoms with Crippen molar-refractivity contribution in [2.24, 2.45) is 0 Å². The Labute approximate surface area is 164 Å². The average molecular weight is 392 g/mol. The maximum absolute atomic E-state index is 12.7. The van der Waals surface area contributed by atoms with Crippen LogP contribution in [-0.2, 0) is 4.79 Å². The molecule has 0 radical (unpaired) electrons. The Morgan fingerprint density at radius 1 is 1.25 bits per heavy atom. The molecule has 0 saturated heterocycles. The minimum Gasteiger partial charge on any atom is -0.426 e. The van der Waals surface area contributed by atoms with Crippen LogP contribution in [0.1, 0.15) is 23.6 Å². The molecule has 3 aromatic heterocycles. The first-order valence-corrected chi connectivity index (χ1v) is 9.35. The molecule has 0 aliphatic carbocycles. The number of aromatic nitrogens is 4. The highest BCUT2D eigenvalue weighted by Gasteiger charge is 2.13. The van der Waals surface area contributed by atoms with E-state index in [9.17, 15) is 9.59 Å². The van der Waals surface area contributed by atoms with Crippen LogP contribution in [0.25, 0.3) is 22.4 Å². The van der Waals surface area contributed by atoms with Crippen LogP contribution in [0.3, 0.4) is 0 Å². The molecular formula is C20H16N4O3S. The summed E-state index contributed by atoms with van der Waals surface area (Å²) >= 11 is 1.28. The molecule has 3 heterocycles. The maximum atomic E-state index is 12.7. The summed E-state index contributed by atoms with van der Waals surface area (Å²) in [5.41, 5.74) is 3.04. The molecule has 7 nitrogen and oxygen atoms in total. The van der Waals surface area contributed by atoms with E-state index in [1.165, 1.54) is 22.8 Å². The molecule has 0 N–H and O–H groups in total. The quantitative estimate of drug-likeness (QED) is 0.393. The lowest BCUT2D eigenvalue weighted by atomic mass is 10.1. The molecule has 0 fully saturated rings. The van der Waals surface area contributed by atoms with E-state index < -0.39 is 0 Å². The maximum Gasteiger partial charge on any atom is 0.308 e. The van der Waals surface area contributed by atoms with Crippen molar-refractivity contribution >= 4 is 28.3 Å². The molecule has 0 bridgehead atoms.